The predicted octanol–water partition coefficient (Wildman–Crippen LogP) is 24.3. The van der Waals surface area contributed by atoms with Gasteiger partial charge in [-0.15, -0.1) is 0 Å². The fraction of sp³-hybridized carbons (Fsp3) is 0.0556. The van der Waals surface area contributed by atoms with Crippen molar-refractivity contribution in [1.29, 1.82) is 0 Å². The van der Waals surface area contributed by atoms with Gasteiger partial charge in [0.15, 0.2) is 34.9 Å². The standard InChI is InChI=1S/C51H36N3PS.C39H34BN3O2.C18H14BrPS/c56-55(46-17-9-3-10-18-46,47-19-11-4-12-20-47)48-35-33-42(34-36-48)40-23-21-39(22-24-40)41-27-31-45(32-28-41)51-53-49(43-15-7-2-8-16-43)52-50(54-51)44-29-25-38(26-30-44)37-13-5-1-6-14-37;1-38(2)39(3,4)45-40(44-38)34-25-23-30(24-26-34)29-17-21-33(22-18-29)37-42-35(31-13-9-6-10-14-31)41-36(43-37)32-19-15-28(16-20-32)27-11-7-5-8-12-27;19-15-11-13-18(14-12-15)20(21,16-7-3-1-4-8-16)17-9-5-2-6-10-17/h1-36H;5-26H,1-4H3;1-14H. The SMILES string of the molecule is CC1(C)OB(c2ccc(-c3ccc(-c4nc(-c5ccccc5)nc(-c5ccc(-c6ccccc6)cc5)n4)cc3)cc2)OC1(C)C.S=P(c1ccccc1)(c1ccccc1)c1ccc(-c2ccc(-c3ccc(-c4nc(-c5ccccc5)nc(-c5ccc(-c6ccccc6)cc5)n4)cc3)cc2)cc1.S=P(c1ccccc1)(c1ccccc1)c1ccc(Br)cc1. The first-order chi connectivity index (χ1) is 59.6. The molecule has 0 radical (unpaired) electrons. The molecule has 122 heavy (non-hydrogen) atoms. The van der Waals surface area contributed by atoms with Crippen molar-refractivity contribution in [3.8, 4) is 124 Å². The van der Waals surface area contributed by atoms with Crippen LogP contribution in [0.2, 0.25) is 0 Å². The van der Waals surface area contributed by atoms with Gasteiger partial charge in [0.05, 0.1) is 11.2 Å². The van der Waals surface area contributed by atoms with E-state index in [9.17, 15) is 0 Å². The van der Waals surface area contributed by atoms with E-state index in [2.05, 4.69) is 395 Å². The highest BCUT2D eigenvalue weighted by molar-refractivity contribution is 9.10. The molecule has 0 saturated carbocycles. The zero-order valence-electron chi connectivity index (χ0n) is 67.7. The van der Waals surface area contributed by atoms with Crippen molar-refractivity contribution in [3.63, 3.8) is 0 Å². The number of hydrogen-bond donors (Lipinski definition) is 0. The zero-order valence-corrected chi connectivity index (χ0v) is 72.7. The van der Waals surface area contributed by atoms with Gasteiger partial charge in [-0.1, -0.05) is 464 Å². The van der Waals surface area contributed by atoms with Crippen molar-refractivity contribution in [2.45, 2.75) is 38.9 Å². The van der Waals surface area contributed by atoms with Crippen LogP contribution in [0.3, 0.4) is 0 Å². The molecule has 1 aliphatic heterocycles. The van der Waals surface area contributed by atoms with E-state index in [4.69, 9.17) is 62.8 Å². The monoisotopic (exact) mass is 1710 g/mol. The Morgan fingerprint density at radius 2 is 0.361 bits per heavy atom. The third kappa shape index (κ3) is 18.2. The minimum Gasteiger partial charge on any atom is -0.399 e. The van der Waals surface area contributed by atoms with E-state index >= 15 is 0 Å². The fourth-order valence-corrected chi connectivity index (χ4v) is 22.6. The smallest absolute Gasteiger partial charge is 0.399 e. The van der Waals surface area contributed by atoms with Gasteiger partial charge in [-0.25, -0.2) is 29.9 Å². The van der Waals surface area contributed by atoms with Gasteiger partial charge in [0.2, 0.25) is 0 Å². The summed E-state index contributed by atoms with van der Waals surface area (Å²) in [5.41, 5.74) is 17.3. The normalized spacial score (nSPS) is 12.7. The lowest BCUT2D eigenvalue weighted by Crippen LogP contribution is -2.41. The van der Waals surface area contributed by atoms with Crippen LogP contribution in [0, 0.1) is 0 Å². The second-order valence-electron chi connectivity index (χ2n) is 30.8. The van der Waals surface area contributed by atoms with Crippen LogP contribution in [0.25, 0.3) is 124 Å². The van der Waals surface area contributed by atoms with Crippen molar-refractivity contribution in [1.82, 2.24) is 29.9 Å². The van der Waals surface area contributed by atoms with Crippen LogP contribution in [0.1, 0.15) is 27.7 Å². The molecule has 1 fully saturated rings. The summed E-state index contributed by atoms with van der Waals surface area (Å²) in [5, 5.41) is 7.27. The van der Waals surface area contributed by atoms with Crippen LogP contribution in [-0.4, -0.2) is 48.2 Å². The first kappa shape index (κ1) is 81.7. The summed E-state index contributed by atoms with van der Waals surface area (Å²) in [6.07, 6.45) is 0. The lowest BCUT2D eigenvalue weighted by Gasteiger charge is -2.32. The summed E-state index contributed by atoms with van der Waals surface area (Å²) in [7, 11) is -0.377. The van der Waals surface area contributed by atoms with Crippen molar-refractivity contribution in [2.75, 3.05) is 0 Å². The van der Waals surface area contributed by atoms with Gasteiger partial charge >= 0.3 is 7.12 Å². The Balaban J connectivity index is 0.000000143. The Morgan fingerprint density at radius 3 is 0.590 bits per heavy atom. The number of rotatable bonds is 18. The number of benzene rings is 16. The quantitative estimate of drug-likeness (QED) is 0.0610. The highest BCUT2D eigenvalue weighted by Crippen LogP contribution is 2.45. The van der Waals surface area contributed by atoms with Crippen molar-refractivity contribution in [3.05, 3.63) is 441 Å². The molecule has 2 aromatic heterocycles. The summed E-state index contributed by atoms with van der Waals surface area (Å²) in [6, 6.07) is 147. The molecule has 0 N–H and O–H groups in total. The maximum atomic E-state index is 6.55. The molecule has 0 atom stereocenters. The van der Waals surface area contributed by atoms with E-state index in [1.165, 1.54) is 43.0 Å². The van der Waals surface area contributed by atoms with Crippen molar-refractivity contribution >= 4 is 96.0 Å². The molecule has 0 spiro atoms. The molecule has 0 bridgehead atoms. The Kier molecular flexibility index (Phi) is 24.6. The highest BCUT2D eigenvalue weighted by Gasteiger charge is 2.51. The van der Waals surface area contributed by atoms with E-state index in [1.807, 2.05) is 84.9 Å². The highest BCUT2D eigenvalue weighted by atomic mass is 79.9. The van der Waals surface area contributed by atoms with Gasteiger partial charge < -0.3 is 9.31 Å². The molecule has 0 aliphatic carbocycles. The number of aromatic nitrogens is 6. The molecule has 3 heterocycles. The van der Waals surface area contributed by atoms with Crippen LogP contribution in [-0.2, 0) is 32.9 Å². The minimum absolute atomic E-state index is 0.368. The van der Waals surface area contributed by atoms with E-state index < -0.39 is 12.1 Å². The average molecular weight is 1710 g/mol. The van der Waals surface area contributed by atoms with E-state index in [1.54, 1.807) is 0 Å². The lowest BCUT2D eigenvalue weighted by molar-refractivity contribution is 0.00578. The zero-order chi connectivity index (χ0) is 83.5. The van der Waals surface area contributed by atoms with Gasteiger partial charge in [-0.2, -0.15) is 0 Å². The summed E-state index contributed by atoms with van der Waals surface area (Å²) in [6.45, 7) is 8.29. The molecular formula is C108H84BBrN6O2P2S2. The molecule has 18 aromatic rings. The molecule has 1 saturated heterocycles. The van der Waals surface area contributed by atoms with Crippen LogP contribution in [0.4, 0.5) is 0 Å². The maximum Gasteiger partial charge on any atom is 0.494 e. The summed E-state index contributed by atoms with van der Waals surface area (Å²) in [5.74, 6) is 3.84. The molecular weight excluding hydrogens is 1630 g/mol. The first-order valence-corrected chi connectivity index (χ1v) is 47.0. The van der Waals surface area contributed by atoms with Crippen LogP contribution in [0.15, 0.2) is 441 Å². The molecule has 19 rings (SSSR count). The van der Waals surface area contributed by atoms with Crippen LogP contribution in [0.5, 0.6) is 0 Å². The summed E-state index contributed by atoms with van der Waals surface area (Å²) in [4.78, 5) is 29.6. The molecule has 0 unspecified atom stereocenters. The van der Waals surface area contributed by atoms with E-state index in [0.29, 0.717) is 34.9 Å². The molecule has 8 nitrogen and oxygen atoms in total. The third-order valence-corrected chi connectivity index (χ3v) is 32.8. The molecule has 16 aromatic carbocycles. The van der Waals surface area contributed by atoms with Gasteiger partial charge in [-0.3, -0.25) is 0 Å². The Morgan fingerprint density at radius 1 is 0.205 bits per heavy atom. The number of halogens is 1. The molecule has 1 aliphatic rings. The van der Waals surface area contributed by atoms with Crippen molar-refractivity contribution < 1.29 is 9.31 Å². The topological polar surface area (TPSA) is 95.8 Å². The molecule has 0 amide bonds. The van der Waals surface area contributed by atoms with Crippen LogP contribution >= 0.6 is 28.0 Å². The largest absolute Gasteiger partial charge is 0.494 e. The number of hydrogen-bond acceptors (Lipinski definition) is 10. The average Bonchev–Trinajstić information content (AvgIpc) is 1.63. The Bertz CT molecular complexity index is 6570. The first-order valence-electron chi connectivity index (χ1n) is 40.6. The maximum absolute atomic E-state index is 6.55. The molecule has 14 heteroatoms. The Hall–Kier alpha value is -12.7. The summed E-state index contributed by atoms with van der Waals surface area (Å²) < 4.78 is 13.5. The van der Waals surface area contributed by atoms with E-state index in [-0.39, 0.29) is 18.3 Å². The second kappa shape index (κ2) is 36.7. The van der Waals surface area contributed by atoms with Crippen LogP contribution < -0.4 is 37.3 Å². The fourth-order valence-electron chi connectivity index (χ4n) is 14.8. The van der Waals surface area contributed by atoms with Gasteiger partial charge in [-0.05, 0) is 133 Å². The van der Waals surface area contributed by atoms with E-state index in [0.717, 1.165) is 87.8 Å². The van der Waals surface area contributed by atoms with Crippen molar-refractivity contribution in [2.24, 2.45) is 0 Å². The lowest BCUT2D eigenvalue weighted by atomic mass is 9.78. The van der Waals surface area contributed by atoms with Gasteiger partial charge in [0.1, 0.15) is 0 Å². The third-order valence-electron chi connectivity index (χ3n) is 22.3. The Labute approximate surface area is 733 Å². The summed E-state index contributed by atoms with van der Waals surface area (Å²) >= 11 is 16.3. The molecule has 590 valence electrons. The van der Waals surface area contributed by atoms with Gasteiger partial charge in [0.25, 0.3) is 0 Å². The minimum atomic E-state index is -2.19. The van der Waals surface area contributed by atoms with Gasteiger partial charge in [0, 0.05) is 49.9 Å². The second-order valence-corrected chi connectivity index (χ2v) is 40.5. The number of nitrogens with zero attached hydrogens (tertiary/aromatic N) is 6. The predicted molar refractivity (Wildman–Crippen MR) is 521 cm³/mol.